The molecule has 0 fully saturated rings. The summed E-state index contributed by atoms with van der Waals surface area (Å²) >= 11 is 7.29. The number of halogens is 1. The van der Waals surface area contributed by atoms with Gasteiger partial charge in [-0.15, -0.1) is 11.8 Å². The molecule has 22 heavy (non-hydrogen) atoms. The van der Waals surface area contributed by atoms with Crippen molar-refractivity contribution in [2.75, 3.05) is 6.61 Å². The first-order valence-electron chi connectivity index (χ1n) is 6.71. The topological polar surface area (TPSA) is 72.0 Å². The highest BCUT2D eigenvalue weighted by Gasteiger charge is 2.14. The molecule has 0 saturated heterocycles. The van der Waals surface area contributed by atoms with Crippen LogP contribution in [0, 0.1) is 0 Å². The van der Waals surface area contributed by atoms with E-state index in [9.17, 15) is 9.59 Å². The summed E-state index contributed by atoms with van der Waals surface area (Å²) < 4.78 is 4.91. The zero-order valence-electron chi connectivity index (χ0n) is 12.0. The molecule has 0 amide bonds. The van der Waals surface area contributed by atoms with Crippen LogP contribution in [0.4, 0.5) is 0 Å². The fourth-order valence-corrected chi connectivity index (χ4v) is 2.83. The second-order valence-corrected chi connectivity index (χ2v) is 5.77. The van der Waals surface area contributed by atoms with Crippen molar-refractivity contribution in [3.63, 3.8) is 0 Å². The molecule has 0 unspecified atom stereocenters. The van der Waals surface area contributed by atoms with Crippen LogP contribution in [0.2, 0.25) is 5.15 Å². The van der Waals surface area contributed by atoms with Crippen molar-refractivity contribution in [2.24, 2.45) is 0 Å². The maximum Gasteiger partial charge on any atom is 0.311 e. The van der Waals surface area contributed by atoms with Gasteiger partial charge >= 0.3 is 5.97 Å². The number of aromatic amines is 1. The fraction of sp³-hybridized carbons (Fsp3) is 0.267. The van der Waals surface area contributed by atoms with E-state index in [0.29, 0.717) is 23.7 Å². The minimum absolute atomic E-state index is 0.0188. The number of hydrogen-bond acceptors (Lipinski definition) is 5. The van der Waals surface area contributed by atoms with Crippen LogP contribution in [0.25, 0.3) is 0 Å². The monoisotopic (exact) mass is 338 g/mol. The maximum absolute atomic E-state index is 11.6. The molecule has 1 aromatic carbocycles. The van der Waals surface area contributed by atoms with Gasteiger partial charge in [0.25, 0.3) is 5.56 Å². The summed E-state index contributed by atoms with van der Waals surface area (Å²) in [7, 11) is 0. The summed E-state index contributed by atoms with van der Waals surface area (Å²) in [6.07, 6.45) is -0.0188. The Morgan fingerprint density at radius 2 is 2.09 bits per heavy atom. The molecule has 0 saturated carbocycles. The molecule has 0 bridgehead atoms. The number of hydrogen-bond donors (Lipinski definition) is 1. The third-order valence-corrected chi connectivity index (χ3v) is 4.07. The van der Waals surface area contributed by atoms with Crippen LogP contribution >= 0.6 is 23.4 Å². The van der Waals surface area contributed by atoms with Crippen molar-refractivity contribution in [3.8, 4) is 0 Å². The van der Waals surface area contributed by atoms with E-state index in [2.05, 4.69) is 9.97 Å². The molecule has 5 nitrogen and oxygen atoms in total. The molecule has 0 aliphatic rings. The Balaban J connectivity index is 2.19. The van der Waals surface area contributed by atoms with Crippen molar-refractivity contribution >= 4 is 29.3 Å². The Labute approximate surface area is 137 Å². The second-order valence-electron chi connectivity index (χ2n) is 4.37. The quantitative estimate of drug-likeness (QED) is 0.647. The summed E-state index contributed by atoms with van der Waals surface area (Å²) in [6, 6.07) is 9.74. The number of thioether (sulfide) groups is 1. The van der Waals surface area contributed by atoms with Crippen molar-refractivity contribution in [2.45, 2.75) is 24.0 Å². The molecule has 116 valence electrons. The lowest BCUT2D eigenvalue weighted by Gasteiger charge is -2.08. The molecule has 0 spiro atoms. The zero-order valence-corrected chi connectivity index (χ0v) is 13.5. The summed E-state index contributed by atoms with van der Waals surface area (Å²) in [4.78, 5) is 31.0. The Kier molecular flexibility index (Phi) is 6.03. The van der Waals surface area contributed by atoms with Gasteiger partial charge in [-0.1, -0.05) is 29.8 Å². The number of esters is 1. The highest BCUT2D eigenvalue weighted by Crippen LogP contribution is 2.22. The number of ether oxygens (including phenoxy) is 1. The van der Waals surface area contributed by atoms with Gasteiger partial charge in [-0.05, 0) is 19.1 Å². The normalized spacial score (nSPS) is 10.5. The average Bonchev–Trinajstić information content (AvgIpc) is 2.50. The molecule has 0 radical (unpaired) electrons. The number of carbonyl (C=O) groups excluding carboxylic acids is 1. The van der Waals surface area contributed by atoms with Crippen LogP contribution in [0.15, 0.2) is 40.0 Å². The van der Waals surface area contributed by atoms with Gasteiger partial charge in [0.15, 0.2) is 5.15 Å². The summed E-state index contributed by atoms with van der Waals surface area (Å²) in [6.45, 7) is 2.03. The number of rotatable bonds is 6. The van der Waals surface area contributed by atoms with Crippen molar-refractivity contribution in [3.05, 3.63) is 57.2 Å². The molecular weight excluding hydrogens is 324 g/mol. The molecule has 7 heteroatoms. The predicted octanol–water partition coefficient (Wildman–Crippen LogP) is 2.82. The SMILES string of the molecule is CCOC(=O)Cc1nc(Cl)c(=O)[nH]c1CSc1ccccc1. The van der Waals surface area contributed by atoms with E-state index in [1.54, 1.807) is 6.92 Å². The van der Waals surface area contributed by atoms with Crippen LogP contribution in [0.5, 0.6) is 0 Å². The number of H-pyrrole nitrogens is 1. The van der Waals surface area contributed by atoms with Crippen molar-refractivity contribution < 1.29 is 9.53 Å². The highest BCUT2D eigenvalue weighted by molar-refractivity contribution is 7.98. The Morgan fingerprint density at radius 3 is 2.77 bits per heavy atom. The third kappa shape index (κ3) is 4.61. The molecule has 1 N–H and O–H groups in total. The van der Waals surface area contributed by atoms with Crippen LogP contribution in [0.1, 0.15) is 18.3 Å². The number of nitrogens with zero attached hydrogens (tertiary/aromatic N) is 1. The van der Waals surface area contributed by atoms with Gasteiger partial charge in [-0.25, -0.2) is 4.98 Å². The van der Waals surface area contributed by atoms with Crippen molar-refractivity contribution in [1.29, 1.82) is 0 Å². The van der Waals surface area contributed by atoms with Gasteiger partial charge in [-0.2, -0.15) is 0 Å². The van der Waals surface area contributed by atoms with Crippen molar-refractivity contribution in [1.82, 2.24) is 9.97 Å². The lowest BCUT2D eigenvalue weighted by Crippen LogP contribution is -2.18. The van der Waals surface area contributed by atoms with Gasteiger partial charge in [0.1, 0.15) is 0 Å². The first kappa shape index (κ1) is 16.6. The summed E-state index contributed by atoms with van der Waals surface area (Å²) in [5, 5.41) is -0.173. The average molecular weight is 339 g/mol. The van der Waals surface area contributed by atoms with Crippen LogP contribution in [-0.2, 0) is 21.7 Å². The third-order valence-electron chi connectivity index (χ3n) is 2.78. The molecular formula is C15H15ClN2O3S. The summed E-state index contributed by atoms with van der Waals surface area (Å²) in [5.74, 6) is 0.0853. The van der Waals surface area contributed by atoms with Gasteiger partial charge in [0.05, 0.1) is 24.4 Å². The lowest BCUT2D eigenvalue weighted by atomic mass is 10.2. The number of nitrogens with one attached hydrogen (secondary N) is 1. The number of aromatic nitrogens is 2. The Morgan fingerprint density at radius 1 is 1.36 bits per heavy atom. The van der Waals surface area contributed by atoms with E-state index < -0.39 is 11.5 Å². The highest BCUT2D eigenvalue weighted by atomic mass is 35.5. The van der Waals surface area contributed by atoms with Gasteiger partial charge in [-0.3, -0.25) is 9.59 Å². The van der Waals surface area contributed by atoms with E-state index >= 15 is 0 Å². The lowest BCUT2D eigenvalue weighted by molar-refractivity contribution is -0.142. The van der Waals surface area contributed by atoms with E-state index in [4.69, 9.17) is 16.3 Å². The van der Waals surface area contributed by atoms with Gasteiger partial charge in [0.2, 0.25) is 0 Å². The van der Waals surface area contributed by atoms with Crippen LogP contribution < -0.4 is 5.56 Å². The van der Waals surface area contributed by atoms with E-state index in [0.717, 1.165) is 4.90 Å². The molecule has 0 atom stereocenters. The zero-order chi connectivity index (χ0) is 15.9. The fourth-order valence-electron chi connectivity index (χ4n) is 1.78. The molecule has 2 aromatic rings. The molecule has 2 rings (SSSR count). The van der Waals surface area contributed by atoms with E-state index in [1.165, 1.54) is 11.8 Å². The molecule has 1 heterocycles. The largest absolute Gasteiger partial charge is 0.466 e. The second kappa shape index (κ2) is 8.00. The number of carbonyl (C=O) groups is 1. The Bertz CT molecular complexity index is 704. The van der Waals surface area contributed by atoms with Gasteiger partial charge < -0.3 is 9.72 Å². The minimum Gasteiger partial charge on any atom is -0.466 e. The van der Waals surface area contributed by atoms with Gasteiger partial charge in [0, 0.05) is 10.6 Å². The maximum atomic E-state index is 11.6. The Hall–Kier alpha value is -1.79. The summed E-state index contributed by atoms with van der Waals surface area (Å²) in [5.41, 5.74) is 0.556. The smallest absolute Gasteiger partial charge is 0.311 e. The predicted molar refractivity (Wildman–Crippen MR) is 86.2 cm³/mol. The molecule has 0 aliphatic heterocycles. The first-order valence-corrected chi connectivity index (χ1v) is 8.07. The first-order chi connectivity index (χ1) is 10.6. The van der Waals surface area contributed by atoms with Crippen LogP contribution in [-0.4, -0.2) is 22.5 Å². The number of benzene rings is 1. The van der Waals surface area contributed by atoms with E-state index in [-0.39, 0.29) is 11.6 Å². The minimum atomic E-state index is -0.460. The van der Waals surface area contributed by atoms with Crippen LogP contribution in [0.3, 0.4) is 0 Å². The molecule has 0 aliphatic carbocycles. The van der Waals surface area contributed by atoms with E-state index in [1.807, 2.05) is 30.3 Å². The molecule has 1 aromatic heterocycles. The standard InChI is InChI=1S/C15H15ClN2O3S/c1-2-21-13(19)8-11-12(18-15(20)14(16)17-11)9-22-10-6-4-3-5-7-10/h3-7H,2,8-9H2,1H3,(H,18,20).